The second-order valence-electron chi connectivity index (χ2n) is 0.708. The van der Waals surface area contributed by atoms with Crippen molar-refractivity contribution in [3.05, 3.63) is 36.4 Å². The first-order chi connectivity index (χ1) is 3.83. The maximum absolute atomic E-state index is 5.05. The van der Waals surface area contributed by atoms with Crippen LogP contribution in [0, 0.1) is 0 Å². The topological polar surface area (TPSA) is 0 Å². The molecule has 0 aromatic heterocycles. The molecule has 0 N–H and O–H groups in total. The van der Waals surface area contributed by atoms with Gasteiger partial charge in [0.25, 0.3) is 0 Å². The van der Waals surface area contributed by atoms with Gasteiger partial charge in [-0.25, -0.2) is 0 Å². The van der Waals surface area contributed by atoms with Gasteiger partial charge in [-0.2, -0.15) is 0 Å². The number of rotatable bonds is 1. The van der Waals surface area contributed by atoms with E-state index in [4.69, 9.17) is 23.2 Å². The Hall–Kier alpha value is -0.200. The summed E-state index contributed by atoms with van der Waals surface area (Å²) in [7, 11) is 0. The monoisotopic (exact) mass is 150 g/mol. The molecule has 0 heterocycles. The van der Waals surface area contributed by atoms with E-state index in [2.05, 4.69) is 13.2 Å². The first-order valence-corrected chi connectivity index (χ1v) is 2.79. The lowest BCUT2D eigenvalue weighted by molar-refractivity contribution is 2.11. The predicted molar refractivity (Wildman–Crippen MR) is 41.2 cm³/mol. The van der Waals surface area contributed by atoms with E-state index in [1.54, 1.807) is 12.2 Å². The molecule has 0 aliphatic heterocycles. The SMILES string of the molecule is C=CC=CCl.C=CCl. The Balaban J connectivity index is 0. The Morgan fingerprint density at radius 1 is 1.12 bits per heavy atom. The van der Waals surface area contributed by atoms with Crippen LogP contribution in [0.5, 0.6) is 0 Å². The van der Waals surface area contributed by atoms with Crippen LogP contribution >= 0.6 is 23.2 Å². The number of halogens is 2. The molecule has 0 aromatic rings. The smallest absolute Gasteiger partial charge is 0.00422 e. The molecule has 46 valence electrons. The Morgan fingerprint density at radius 2 is 1.50 bits per heavy atom. The lowest BCUT2D eigenvalue weighted by Gasteiger charge is -1.53. The second-order valence-corrected chi connectivity index (χ2v) is 1.27. The van der Waals surface area contributed by atoms with Gasteiger partial charge in [-0.1, -0.05) is 48.5 Å². The number of hydrogen-bond donors (Lipinski definition) is 0. The van der Waals surface area contributed by atoms with Crippen molar-refractivity contribution in [2.45, 2.75) is 0 Å². The van der Waals surface area contributed by atoms with Crippen LogP contribution in [0.3, 0.4) is 0 Å². The summed E-state index contributed by atoms with van der Waals surface area (Å²) in [6, 6.07) is 0. The molecule has 0 unspecified atom stereocenters. The first kappa shape index (κ1) is 10.7. The van der Waals surface area contributed by atoms with Crippen molar-refractivity contribution in [1.29, 1.82) is 0 Å². The fraction of sp³-hybridized carbons (Fsp3) is 0. The molecular weight excluding hydrogens is 143 g/mol. The van der Waals surface area contributed by atoms with Gasteiger partial charge >= 0.3 is 0 Å². The van der Waals surface area contributed by atoms with Crippen molar-refractivity contribution in [2.24, 2.45) is 0 Å². The fourth-order valence-electron chi connectivity index (χ4n) is 0.0514. The minimum Gasteiger partial charge on any atom is -0.0990 e. The van der Waals surface area contributed by atoms with E-state index in [-0.39, 0.29) is 0 Å². The van der Waals surface area contributed by atoms with E-state index in [1.165, 1.54) is 11.1 Å². The number of allylic oxidation sites excluding steroid dienone is 2. The highest BCUT2D eigenvalue weighted by Crippen LogP contribution is 1.74. The van der Waals surface area contributed by atoms with Crippen LogP contribution < -0.4 is 0 Å². The average molecular weight is 151 g/mol. The minimum atomic E-state index is 1.22. The number of hydrogen-bond acceptors (Lipinski definition) is 0. The molecule has 0 aliphatic rings. The lowest BCUT2D eigenvalue weighted by Crippen LogP contribution is -1.29. The fourth-order valence-corrected chi connectivity index (χ4v) is 0.154. The Labute approximate surface area is 60.1 Å². The predicted octanol–water partition coefficient (Wildman–Crippen LogP) is 3.29. The summed E-state index contributed by atoms with van der Waals surface area (Å²) < 4.78 is 0. The van der Waals surface area contributed by atoms with Gasteiger partial charge in [0.2, 0.25) is 0 Å². The van der Waals surface area contributed by atoms with Crippen molar-refractivity contribution >= 4 is 23.2 Å². The zero-order valence-electron chi connectivity index (χ0n) is 4.48. The molecule has 0 spiro atoms. The van der Waals surface area contributed by atoms with Gasteiger partial charge in [0.05, 0.1) is 0 Å². The van der Waals surface area contributed by atoms with E-state index in [9.17, 15) is 0 Å². The van der Waals surface area contributed by atoms with Gasteiger partial charge in [-0.05, 0) is 5.54 Å². The molecule has 0 saturated carbocycles. The Bertz CT molecular complexity index is 74.6. The molecule has 0 nitrogen and oxygen atoms in total. The van der Waals surface area contributed by atoms with E-state index < -0.39 is 0 Å². The van der Waals surface area contributed by atoms with Crippen molar-refractivity contribution in [2.75, 3.05) is 0 Å². The Morgan fingerprint density at radius 3 is 1.50 bits per heavy atom. The van der Waals surface area contributed by atoms with Crippen molar-refractivity contribution in [3.63, 3.8) is 0 Å². The summed E-state index contributed by atoms with van der Waals surface area (Å²) in [5.41, 5.74) is 2.63. The molecule has 0 aliphatic carbocycles. The van der Waals surface area contributed by atoms with E-state index in [0.29, 0.717) is 0 Å². The van der Waals surface area contributed by atoms with E-state index >= 15 is 0 Å². The lowest BCUT2D eigenvalue weighted by atomic mass is 10.6. The zero-order valence-corrected chi connectivity index (χ0v) is 5.99. The normalized spacial score (nSPS) is 7.25. The third-order valence-corrected chi connectivity index (χ3v) is 0.354. The molecule has 0 fully saturated rings. The molecule has 0 saturated heterocycles. The van der Waals surface area contributed by atoms with Crippen LogP contribution in [-0.2, 0) is 0 Å². The highest BCUT2D eigenvalue weighted by Gasteiger charge is 1.44. The summed E-state index contributed by atoms with van der Waals surface area (Å²) in [5.74, 6) is 0. The van der Waals surface area contributed by atoms with Crippen LogP contribution in [0.15, 0.2) is 36.4 Å². The second kappa shape index (κ2) is 15.8. The minimum absolute atomic E-state index is 1.22. The summed E-state index contributed by atoms with van der Waals surface area (Å²) in [6.07, 6.45) is 3.27. The molecule has 0 atom stereocenters. The van der Waals surface area contributed by atoms with Gasteiger partial charge in [0, 0.05) is 5.54 Å². The molecular formula is C6H8Cl2. The average Bonchev–Trinajstić information content (AvgIpc) is 1.71. The molecule has 0 bridgehead atoms. The highest BCUT2D eigenvalue weighted by atomic mass is 35.5. The first-order valence-electron chi connectivity index (χ1n) is 1.92. The summed E-state index contributed by atoms with van der Waals surface area (Å²) in [6.45, 7) is 6.51. The van der Waals surface area contributed by atoms with Gasteiger partial charge < -0.3 is 0 Å². The van der Waals surface area contributed by atoms with Crippen molar-refractivity contribution in [1.82, 2.24) is 0 Å². The summed E-state index contributed by atoms with van der Waals surface area (Å²) >= 11 is 9.81. The quantitative estimate of drug-likeness (QED) is 0.504. The Kier molecular flexibility index (Phi) is 21.2. The zero-order chi connectivity index (χ0) is 6.83. The standard InChI is InChI=1S/C4H5Cl.C2H3Cl/c1-2-3-4-5;1-2-3/h2-4H,1H2;2H,1H2. The van der Waals surface area contributed by atoms with E-state index in [1.807, 2.05) is 0 Å². The highest BCUT2D eigenvalue weighted by molar-refractivity contribution is 6.25. The summed E-state index contributed by atoms with van der Waals surface area (Å²) in [5, 5.41) is 0. The third kappa shape index (κ3) is 41.2. The van der Waals surface area contributed by atoms with E-state index in [0.717, 1.165) is 0 Å². The van der Waals surface area contributed by atoms with Crippen LogP contribution in [0.25, 0.3) is 0 Å². The molecule has 8 heavy (non-hydrogen) atoms. The van der Waals surface area contributed by atoms with Crippen LogP contribution in [0.4, 0.5) is 0 Å². The van der Waals surface area contributed by atoms with Gasteiger partial charge in [0.15, 0.2) is 0 Å². The van der Waals surface area contributed by atoms with Crippen LogP contribution in [-0.4, -0.2) is 0 Å². The maximum Gasteiger partial charge on any atom is 0.00422 e. The van der Waals surface area contributed by atoms with Gasteiger partial charge in [0.1, 0.15) is 0 Å². The van der Waals surface area contributed by atoms with Crippen LogP contribution in [0.1, 0.15) is 0 Å². The van der Waals surface area contributed by atoms with Gasteiger partial charge in [-0.3, -0.25) is 0 Å². The maximum atomic E-state index is 5.05. The van der Waals surface area contributed by atoms with Crippen molar-refractivity contribution < 1.29 is 0 Å². The molecule has 0 radical (unpaired) electrons. The third-order valence-electron chi connectivity index (χ3n) is 0.209. The molecule has 0 amide bonds. The van der Waals surface area contributed by atoms with Crippen molar-refractivity contribution in [3.8, 4) is 0 Å². The van der Waals surface area contributed by atoms with Crippen LogP contribution in [0.2, 0.25) is 0 Å². The molecule has 0 aromatic carbocycles. The molecule has 2 heteroatoms. The largest absolute Gasteiger partial charge is 0.0990 e. The molecule has 0 rings (SSSR count). The summed E-state index contributed by atoms with van der Waals surface area (Å²) in [4.78, 5) is 0. The van der Waals surface area contributed by atoms with Gasteiger partial charge in [-0.15, -0.1) is 0 Å².